The molecular weight excluding hydrogens is 597 g/mol. The van der Waals surface area contributed by atoms with Crippen LogP contribution in [0.3, 0.4) is 0 Å². The lowest BCUT2D eigenvalue weighted by atomic mass is 9.79. The molecule has 0 unspecified atom stereocenters. The van der Waals surface area contributed by atoms with Crippen LogP contribution < -0.4 is 10.6 Å². The van der Waals surface area contributed by atoms with Gasteiger partial charge >= 0.3 is 6.18 Å². The van der Waals surface area contributed by atoms with Crippen LogP contribution in [0.1, 0.15) is 51.9 Å². The van der Waals surface area contributed by atoms with Crippen molar-refractivity contribution >= 4 is 23.5 Å². The van der Waals surface area contributed by atoms with Crippen LogP contribution in [0, 0.1) is 23.3 Å². The highest BCUT2D eigenvalue weighted by Gasteiger charge is 2.51. The molecular formula is C30H23F7N4O3. The Morgan fingerprint density at radius 3 is 2.41 bits per heavy atom. The Kier molecular flexibility index (Phi) is 6.93. The van der Waals surface area contributed by atoms with Crippen LogP contribution in [-0.4, -0.2) is 52.4 Å². The van der Waals surface area contributed by atoms with Gasteiger partial charge in [0.05, 0.1) is 5.41 Å². The van der Waals surface area contributed by atoms with Crippen LogP contribution in [0.2, 0.25) is 0 Å². The van der Waals surface area contributed by atoms with Crippen LogP contribution in [0.4, 0.5) is 36.6 Å². The van der Waals surface area contributed by atoms with Crippen molar-refractivity contribution in [2.75, 3.05) is 11.9 Å². The number of alkyl halides is 3. The number of pyridine rings is 1. The molecule has 4 atom stereocenters. The van der Waals surface area contributed by atoms with Gasteiger partial charge < -0.3 is 15.5 Å². The van der Waals surface area contributed by atoms with Gasteiger partial charge in [0, 0.05) is 40.9 Å². The highest BCUT2D eigenvalue weighted by molar-refractivity contribution is 6.06. The average Bonchev–Trinajstić information content (AvgIpc) is 3.48. The molecule has 2 aromatic carbocycles. The van der Waals surface area contributed by atoms with E-state index >= 15 is 0 Å². The molecule has 1 aromatic heterocycles. The number of hydrogen-bond donors (Lipinski definition) is 2. The quantitative estimate of drug-likeness (QED) is 0.327. The van der Waals surface area contributed by atoms with E-state index in [4.69, 9.17) is 0 Å². The number of rotatable bonds is 4. The van der Waals surface area contributed by atoms with E-state index in [1.54, 1.807) is 24.4 Å². The lowest BCUT2D eigenvalue weighted by Gasteiger charge is -2.43. The number of likely N-dealkylation sites (tertiary alicyclic amines) is 1. The topological polar surface area (TPSA) is 91.4 Å². The molecule has 1 aliphatic carbocycles. The van der Waals surface area contributed by atoms with Gasteiger partial charge in [-0.1, -0.05) is 12.1 Å². The van der Waals surface area contributed by atoms with Gasteiger partial charge in [0.1, 0.15) is 18.4 Å². The number of piperidine rings is 1. The minimum absolute atomic E-state index is 0.0186. The van der Waals surface area contributed by atoms with E-state index in [2.05, 4.69) is 15.6 Å². The lowest BCUT2D eigenvalue weighted by Crippen LogP contribution is -2.60. The van der Waals surface area contributed by atoms with Gasteiger partial charge in [0.15, 0.2) is 23.3 Å². The number of hydrogen-bond acceptors (Lipinski definition) is 4. The number of carbonyl (C=O) groups is 3. The SMILES string of the molecule is C[C@@H]1[C@H](c2c(F)c(F)cc(F)c2F)C[C@H](NC(=O)c2ccc3c(c2)C[C@@]2(C3)C(=O)Nc3ncccc32)C(=O)N1CC(F)(F)F. The van der Waals surface area contributed by atoms with Gasteiger partial charge in [-0.05, 0) is 55.5 Å². The van der Waals surface area contributed by atoms with Crippen molar-refractivity contribution < 1.29 is 45.1 Å². The molecule has 7 nitrogen and oxygen atoms in total. The zero-order valence-electron chi connectivity index (χ0n) is 22.9. The molecule has 3 aliphatic rings. The first kappa shape index (κ1) is 29.6. The second kappa shape index (κ2) is 10.3. The van der Waals surface area contributed by atoms with Crippen LogP contribution in [0.5, 0.6) is 0 Å². The Morgan fingerprint density at radius 1 is 1.05 bits per heavy atom. The third kappa shape index (κ3) is 4.76. The second-order valence-electron chi connectivity index (χ2n) is 11.3. The molecule has 1 saturated heterocycles. The van der Waals surface area contributed by atoms with Gasteiger partial charge in [-0.2, -0.15) is 13.2 Å². The first-order chi connectivity index (χ1) is 20.7. The molecule has 0 radical (unpaired) electrons. The van der Waals surface area contributed by atoms with Crippen LogP contribution >= 0.6 is 0 Å². The van der Waals surface area contributed by atoms with E-state index in [-0.39, 0.29) is 28.9 Å². The summed E-state index contributed by atoms with van der Waals surface area (Å²) in [4.78, 5) is 44.0. The number of nitrogens with one attached hydrogen (secondary N) is 2. The largest absolute Gasteiger partial charge is 0.406 e. The van der Waals surface area contributed by atoms with Crippen LogP contribution in [0.25, 0.3) is 0 Å². The number of fused-ring (bicyclic) bond motifs is 3. The Labute approximate surface area is 245 Å². The molecule has 3 amide bonds. The van der Waals surface area contributed by atoms with Crippen LogP contribution in [-0.2, 0) is 27.8 Å². The summed E-state index contributed by atoms with van der Waals surface area (Å²) in [5, 5.41) is 5.11. The number of halogens is 7. The van der Waals surface area contributed by atoms with Crippen LogP contribution in [0.15, 0.2) is 42.6 Å². The van der Waals surface area contributed by atoms with E-state index < -0.39 is 83.2 Å². The Balaban J connectivity index is 1.29. The predicted octanol–water partition coefficient (Wildman–Crippen LogP) is 4.69. The molecule has 1 fully saturated rings. The number of amides is 3. The normalized spacial score (nSPS) is 24.4. The van der Waals surface area contributed by atoms with Gasteiger partial charge in [0.2, 0.25) is 11.8 Å². The minimum Gasteiger partial charge on any atom is -0.340 e. The maximum Gasteiger partial charge on any atom is 0.406 e. The Bertz CT molecular complexity index is 1700. The third-order valence-electron chi connectivity index (χ3n) is 8.76. The summed E-state index contributed by atoms with van der Waals surface area (Å²) < 4.78 is 98.0. The molecule has 6 rings (SSSR count). The predicted molar refractivity (Wildman–Crippen MR) is 141 cm³/mol. The molecule has 1 spiro atoms. The summed E-state index contributed by atoms with van der Waals surface area (Å²) in [6, 6.07) is 4.77. The standard InChI is InChI=1S/C30H23F7N4O3/c1-13-17(22-23(33)19(31)9-20(32)24(22)34)8-21(27(43)41(13)12-30(35,36)37)39-26(42)14-4-5-15-10-29(11-16(15)7-14)18-3-2-6-38-25(18)40-28(29)44/h2-7,9,13,17,21H,8,10-12H2,1H3,(H,39,42)(H,38,40,44)/t13-,17-,21+,29-/m1/s1. The van der Waals surface area contributed by atoms with Crippen molar-refractivity contribution in [1.29, 1.82) is 0 Å². The molecule has 14 heteroatoms. The summed E-state index contributed by atoms with van der Waals surface area (Å²) in [5.74, 6) is -10.6. The molecule has 3 aromatic rings. The van der Waals surface area contributed by atoms with E-state index in [1.807, 2.05) is 0 Å². The summed E-state index contributed by atoms with van der Waals surface area (Å²) in [6.45, 7) is -0.743. The third-order valence-corrected chi connectivity index (χ3v) is 8.76. The highest BCUT2D eigenvalue weighted by Crippen LogP contribution is 2.47. The molecule has 230 valence electrons. The number of benzene rings is 2. The van der Waals surface area contributed by atoms with Crippen molar-refractivity contribution in [3.63, 3.8) is 0 Å². The van der Waals surface area contributed by atoms with E-state index in [0.717, 1.165) is 12.5 Å². The molecule has 2 aliphatic heterocycles. The molecule has 44 heavy (non-hydrogen) atoms. The molecule has 0 bridgehead atoms. The maximum absolute atomic E-state index is 14.8. The summed E-state index contributed by atoms with van der Waals surface area (Å²) in [7, 11) is 0. The van der Waals surface area contributed by atoms with Gasteiger partial charge in [-0.3, -0.25) is 14.4 Å². The zero-order valence-corrected chi connectivity index (χ0v) is 22.9. The van der Waals surface area contributed by atoms with Crippen molar-refractivity contribution in [2.45, 2.75) is 55.8 Å². The summed E-state index contributed by atoms with van der Waals surface area (Å²) in [6.07, 6.45) is -3.44. The zero-order chi connectivity index (χ0) is 31.7. The number of nitrogens with zero attached hydrogens (tertiary/aromatic N) is 2. The molecule has 2 N–H and O–H groups in total. The Morgan fingerprint density at radius 2 is 1.73 bits per heavy atom. The van der Waals surface area contributed by atoms with E-state index in [1.165, 1.54) is 12.1 Å². The highest BCUT2D eigenvalue weighted by atomic mass is 19.4. The van der Waals surface area contributed by atoms with Crippen molar-refractivity contribution in [3.8, 4) is 0 Å². The smallest absolute Gasteiger partial charge is 0.340 e. The lowest BCUT2D eigenvalue weighted by molar-refractivity contribution is -0.170. The van der Waals surface area contributed by atoms with Gasteiger partial charge in [0.25, 0.3) is 5.91 Å². The first-order valence-electron chi connectivity index (χ1n) is 13.6. The fourth-order valence-corrected chi connectivity index (χ4v) is 6.63. The fourth-order valence-electron chi connectivity index (χ4n) is 6.63. The number of carbonyl (C=O) groups excluding carboxylic acids is 3. The first-order valence-corrected chi connectivity index (χ1v) is 13.6. The van der Waals surface area contributed by atoms with Crippen molar-refractivity contribution in [3.05, 3.63) is 93.7 Å². The van der Waals surface area contributed by atoms with Crippen molar-refractivity contribution in [1.82, 2.24) is 15.2 Å². The Hall–Kier alpha value is -4.49. The maximum atomic E-state index is 14.8. The average molecular weight is 621 g/mol. The van der Waals surface area contributed by atoms with E-state index in [0.29, 0.717) is 23.4 Å². The second-order valence-corrected chi connectivity index (χ2v) is 11.3. The number of aromatic nitrogens is 1. The van der Waals surface area contributed by atoms with E-state index in [9.17, 15) is 45.1 Å². The van der Waals surface area contributed by atoms with Crippen molar-refractivity contribution in [2.24, 2.45) is 0 Å². The molecule has 3 heterocycles. The van der Waals surface area contributed by atoms with Gasteiger partial charge in [-0.25, -0.2) is 22.5 Å². The molecule has 0 saturated carbocycles. The monoisotopic (exact) mass is 620 g/mol. The van der Waals surface area contributed by atoms with Gasteiger partial charge in [-0.15, -0.1) is 0 Å². The fraction of sp³-hybridized carbons (Fsp3) is 0.333. The minimum atomic E-state index is -4.93. The summed E-state index contributed by atoms with van der Waals surface area (Å²) in [5.41, 5.74) is 0.0797. The number of anilines is 1. The summed E-state index contributed by atoms with van der Waals surface area (Å²) >= 11 is 0.